The van der Waals surface area contributed by atoms with Crippen LogP contribution in [-0.2, 0) is 11.2 Å². The number of anilines is 1. The quantitative estimate of drug-likeness (QED) is 0.380. The molecule has 2 fully saturated rings. The highest BCUT2D eigenvalue weighted by Gasteiger charge is 2.33. The second kappa shape index (κ2) is 9.43. The van der Waals surface area contributed by atoms with E-state index in [-0.39, 0.29) is 11.9 Å². The van der Waals surface area contributed by atoms with E-state index >= 15 is 4.39 Å². The number of aromatic nitrogens is 3. The molecule has 4 aromatic rings. The fourth-order valence-electron chi connectivity index (χ4n) is 6.21. The van der Waals surface area contributed by atoms with Gasteiger partial charge in [-0.05, 0) is 68.0 Å². The summed E-state index contributed by atoms with van der Waals surface area (Å²) >= 11 is 0. The molecule has 0 radical (unpaired) electrons. The number of carbonyl (C=O) groups is 2. The lowest BCUT2D eigenvalue weighted by molar-refractivity contribution is -0.140. The number of halogens is 1. The van der Waals surface area contributed by atoms with E-state index in [1.54, 1.807) is 16.6 Å². The number of hydrogen-bond donors (Lipinski definition) is 1. The highest BCUT2D eigenvalue weighted by Crippen LogP contribution is 2.41. The monoisotopic (exact) mass is 539 g/mol. The molecule has 1 saturated carbocycles. The topological polar surface area (TPSA) is 91.0 Å². The maximum absolute atomic E-state index is 15.4. The Labute approximate surface area is 231 Å². The lowest BCUT2D eigenvalue weighted by atomic mass is 9.93. The van der Waals surface area contributed by atoms with Gasteiger partial charge in [-0.1, -0.05) is 24.3 Å². The Kier molecular flexibility index (Phi) is 5.83. The number of carboxylic acid groups (broad SMARTS) is 1. The number of nitrogens with zero attached hydrogens (tertiary/aromatic N) is 5. The first-order valence-electron chi connectivity index (χ1n) is 13.9. The maximum Gasteiger partial charge on any atom is 0.308 e. The van der Waals surface area contributed by atoms with Crippen molar-refractivity contribution < 1.29 is 19.1 Å². The minimum absolute atomic E-state index is 0.0469. The number of hydrogen-bond acceptors (Lipinski definition) is 5. The van der Waals surface area contributed by atoms with E-state index in [1.807, 2.05) is 34.1 Å². The van der Waals surface area contributed by atoms with Crippen molar-refractivity contribution in [2.45, 2.75) is 44.6 Å². The summed E-state index contributed by atoms with van der Waals surface area (Å²) in [7, 11) is 0. The summed E-state index contributed by atoms with van der Waals surface area (Å²) in [6, 6.07) is 16.8. The van der Waals surface area contributed by atoms with Crippen LogP contribution < -0.4 is 4.90 Å². The predicted octanol–water partition coefficient (Wildman–Crippen LogP) is 5.08. The second-order valence-electron chi connectivity index (χ2n) is 11.2. The number of aliphatic carboxylic acids is 1. The molecule has 40 heavy (non-hydrogen) atoms. The first-order chi connectivity index (χ1) is 19.4. The number of carboxylic acids is 1. The van der Waals surface area contributed by atoms with E-state index in [0.717, 1.165) is 25.0 Å². The van der Waals surface area contributed by atoms with E-state index in [9.17, 15) is 14.7 Å². The zero-order valence-corrected chi connectivity index (χ0v) is 22.3. The molecule has 1 amide bonds. The fourth-order valence-corrected chi connectivity index (χ4v) is 6.21. The van der Waals surface area contributed by atoms with Gasteiger partial charge in [-0.3, -0.25) is 9.59 Å². The molecule has 9 heteroatoms. The van der Waals surface area contributed by atoms with E-state index in [0.29, 0.717) is 60.3 Å². The highest BCUT2D eigenvalue weighted by molar-refractivity contribution is 5.93. The van der Waals surface area contributed by atoms with Crippen LogP contribution >= 0.6 is 0 Å². The number of fused-ring (bicyclic) bond motifs is 2. The molecule has 1 N–H and O–H groups in total. The highest BCUT2D eigenvalue weighted by atomic mass is 19.1. The lowest BCUT2D eigenvalue weighted by Crippen LogP contribution is -2.39. The molecular weight excluding hydrogens is 509 g/mol. The average Bonchev–Trinajstić information content (AvgIpc) is 3.51. The molecular formula is C31H30FN5O3. The predicted molar refractivity (Wildman–Crippen MR) is 148 cm³/mol. The number of carbonyl (C=O) groups excluding carboxylic acids is 1. The van der Waals surface area contributed by atoms with Crippen molar-refractivity contribution in [1.29, 1.82) is 0 Å². The van der Waals surface area contributed by atoms with Gasteiger partial charge < -0.3 is 14.9 Å². The first-order valence-corrected chi connectivity index (χ1v) is 13.9. The van der Waals surface area contributed by atoms with E-state index in [1.165, 1.54) is 17.2 Å². The zero-order chi connectivity index (χ0) is 27.5. The molecule has 0 bridgehead atoms. The fraction of sp³-hybridized carbons (Fsp3) is 0.355. The van der Waals surface area contributed by atoms with Crippen LogP contribution in [0.1, 0.15) is 65.5 Å². The first kappa shape index (κ1) is 24.7. The van der Waals surface area contributed by atoms with Crippen molar-refractivity contribution in [1.82, 2.24) is 19.5 Å². The Balaban J connectivity index is 1.21. The Morgan fingerprint density at radius 2 is 1.85 bits per heavy atom. The third-order valence-electron chi connectivity index (χ3n) is 8.66. The van der Waals surface area contributed by atoms with Gasteiger partial charge in [0.1, 0.15) is 11.5 Å². The Bertz CT molecular complexity index is 1660. The molecule has 204 valence electrons. The molecule has 8 nitrogen and oxygen atoms in total. The van der Waals surface area contributed by atoms with Crippen molar-refractivity contribution in [3.05, 3.63) is 82.9 Å². The molecule has 0 spiro atoms. The lowest BCUT2D eigenvalue weighted by Gasteiger charge is -2.35. The van der Waals surface area contributed by atoms with Crippen molar-refractivity contribution in [2.75, 3.05) is 24.5 Å². The van der Waals surface area contributed by atoms with Gasteiger partial charge in [-0.15, -0.1) is 0 Å². The van der Waals surface area contributed by atoms with Gasteiger partial charge >= 0.3 is 5.97 Å². The number of rotatable bonds is 5. The average molecular weight is 540 g/mol. The van der Waals surface area contributed by atoms with Crippen LogP contribution in [0.15, 0.2) is 54.6 Å². The largest absolute Gasteiger partial charge is 0.481 e. The van der Waals surface area contributed by atoms with Gasteiger partial charge in [0.2, 0.25) is 0 Å². The van der Waals surface area contributed by atoms with Crippen molar-refractivity contribution in [3.8, 4) is 11.3 Å². The van der Waals surface area contributed by atoms with Crippen LogP contribution in [0, 0.1) is 11.7 Å². The minimum atomic E-state index is -0.819. The molecule has 2 aliphatic heterocycles. The molecule has 1 aliphatic carbocycles. The van der Waals surface area contributed by atoms with Crippen LogP contribution in [-0.4, -0.2) is 56.1 Å². The maximum atomic E-state index is 15.4. The molecule has 2 aromatic carbocycles. The van der Waals surface area contributed by atoms with Gasteiger partial charge in [0.05, 0.1) is 17.7 Å². The van der Waals surface area contributed by atoms with Gasteiger partial charge in [0.15, 0.2) is 5.65 Å². The van der Waals surface area contributed by atoms with Crippen molar-refractivity contribution >= 4 is 23.2 Å². The molecule has 2 aromatic heterocycles. The molecule has 0 unspecified atom stereocenters. The van der Waals surface area contributed by atoms with Gasteiger partial charge in [0, 0.05) is 48.6 Å². The van der Waals surface area contributed by atoms with Crippen LogP contribution in [0.25, 0.3) is 16.9 Å². The number of benzene rings is 2. The summed E-state index contributed by atoms with van der Waals surface area (Å²) in [6.07, 6.45) is 3.40. The summed E-state index contributed by atoms with van der Waals surface area (Å²) in [5.41, 5.74) is 5.76. The minimum Gasteiger partial charge on any atom is -0.481 e. The van der Waals surface area contributed by atoms with Gasteiger partial charge in [-0.25, -0.2) is 13.9 Å². The molecule has 7 rings (SSSR count). The molecule has 3 aliphatic rings. The smallest absolute Gasteiger partial charge is 0.308 e. The third-order valence-corrected chi connectivity index (χ3v) is 8.66. The second-order valence-corrected chi connectivity index (χ2v) is 11.2. The van der Waals surface area contributed by atoms with Crippen LogP contribution in [0.5, 0.6) is 0 Å². The summed E-state index contributed by atoms with van der Waals surface area (Å²) in [6.45, 7) is 3.64. The van der Waals surface area contributed by atoms with E-state index < -0.39 is 17.7 Å². The van der Waals surface area contributed by atoms with Crippen LogP contribution in [0.3, 0.4) is 0 Å². The van der Waals surface area contributed by atoms with Crippen molar-refractivity contribution in [2.24, 2.45) is 5.92 Å². The summed E-state index contributed by atoms with van der Waals surface area (Å²) in [5, 5.41) is 14.0. The van der Waals surface area contributed by atoms with Gasteiger partial charge in [0.25, 0.3) is 5.91 Å². The third kappa shape index (κ3) is 4.20. The van der Waals surface area contributed by atoms with Crippen LogP contribution in [0.4, 0.5) is 10.1 Å². The van der Waals surface area contributed by atoms with Crippen molar-refractivity contribution in [3.63, 3.8) is 0 Å². The summed E-state index contributed by atoms with van der Waals surface area (Å²) < 4.78 is 17.1. The Hall–Kier alpha value is -4.27. The Morgan fingerprint density at radius 1 is 1.02 bits per heavy atom. The van der Waals surface area contributed by atoms with E-state index in [4.69, 9.17) is 10.1 Å². The summed E-state index contributed by atoms with van der Waals surface area (Å²) in [5.74, 6) is -1.48. The van der Waals surface area contributed by atoms with Gasteiger partial charge in [-0.2, -0.15) is 5.10 Å². The molecule has 2 atom stereocenters. The van der Waals surface area contributed by atoms with Crippen LogP contribution in [0.2, 0.25) is 0 Å². The van der Waals surface area contributed by atoms with E-state index in [2.05, 4.69) is 19.1 Å². The number of amides is 1. The summed E-state index contributed by atoms with van der Waals surface area (Å²) in [4.78, 5) is 33.6. The molecule has 4 heterocycles. The Morgan fingerprint density at radius 3 is 2.60 bits per heavy atom. The normalized spacial score (nSPS) is 20.6. The molecule has 1 saturated heterocycles. The zero-order valence-electron chi connectivity index (χ0n) is 22.3. The SMILES string of the molecule is C[C@@H]1c2ccccc2CCN1C(=O)c1cc(C2CC2)n2nc(-c3ccc(N4CC[C@H](C(=O)O)C4)cc3F)cc2n1. The standard InChI is InChI=1S/C31H30FN5O3/c1-18-23-5-3-2-4-19(23)11-13-36(18)30(38)27-15-28(20-6-7-20)37-29(33-27)16-26(34-37)24-9-8-22(14-25(24)32)35-12-10-21(17-35)31(39)40/h2-5,8-9,14-16,18,20-21H,6-7,10-13,17H2,1H3,(H,39,40)/t18-,21+/m1/s1.